The van der Waals surface area contributed by atoms with Gasteiger partial charge < -0.3 is 9.47 Å². The van der Waals surface area contributed by atoms with E-state index in [1.54, 1.807) is 0 Å². The van der Waals surface area contributed by atoms with Crippen molar-refractivity contribution in [3.05, 3.63) is 6.92 Å². The van der Waals surface area contributed by atoms with Crippen molar-refractivity contribution in [2.24, 2.45) is 0 Å². The van der Waals surface area contributed by atoms with E-state index in [-0.39, 0.29) is 0 Å². The zero-order valence-electron chi connectivity index (χ0n) is 9.09. The Hall–Kier alpha value is -0.730. The standard InChI is InChI=1S/C11H21O3/c1-3-5-7-9-13-11(12)14-10-8-6-4-2/h1,3-10H2,2H3. The van der Waals surface area contributed by atoms with Crippen molar-refractivity contribution in [3.63, 3.8) is 0 Å². The number of rotatable bonds is 8. The van der Waals surface area contributed by atoms with Gasteiger partial charge in [0.2, 0.25) is 0 Å². The highest BCUT2D eigenvalue weighted by molar-refractivity contribution is 5.59. The van der Waals surface area contributed by atoms with Gasteiger partial charge in [0, 0.05) is 0 Å². The molecule has 0 aromatic rings. The van der Waals surface area contributed by atoms with Crippen LogP contribution in [0, 0.1) is 6.92 Å². The van der Waals surface area contributed by atoms with Crippen LogP contribution in [0.1, 0.15) is 45.4 Å². The van der Waals surface area contributed by atoms with Gasteiger partial charge in [-0.25, -0.2) is 4.79 Å². The Balaban J connectivity index is 3.11. The number of carbonyl (C=O) groups excluding carboxylic acids is 1. The summed E-state index contributed by atoms with van der Waals surface area (Å²) in [5.41, 5.74) is 0. The van der Waals surface area contributed by atoms with Gasteiger partial charge >= 0.3 is 6.16 Å². The minimum absolute atomic E-state index is 0.447. The second-order valence-corrected chi connectivity index (χ2v) is 3.21. The molecule has 83 valence electrons. The molecule has 14 heavy (non-hydrogen) atoms. The molecule has 0 unspecified atom stereocenters. The first-order valence-electron chi connectivity index (χ1n) is 5.40. The van der Waals surface area contributed by atoms with Crippen LogP contribution in [0.5, 0.6) is 0 Å². The normalized spacial score (nSPS) is 9.86. The lowest BCUT2D eigenvalue weighted by Crippen LogP contribution is -2.09. The molecule has 0 atom stereocenters. The van der Waals surface area contributed by atoms with Crippen molar-refractivity contribution in [2.75, 3.05) is 13.2 Å². The first-order valence-corrected chi connectivity index (χ1v) is 5.40. The molecular formula is C11H21O3. The fourth-order valence-electron chi connectivity index (χ4n) is 0.984. The van der Waals surface area contributed by atoms with Gasteiger partial charge in [0.05, 0.1) is 13.2 Å². The third-order valence-corrected chi connectivity index (χ3v) is 1.83. The van der Waals surface area contributed by atoms with Gasteiger partial charge in [-0.3, -0.25) is 0 Å². The van der Waals surface area contributed by atoms with Gasteiger partial charge in [0.25, 0.3) is 0 Å². The summed E-state index contributed by atoms with van der Waals surface area (Å²) in [6.45, 7) is 6.73. The lowest BCUT2D eigenvalue weighted by atomic mass is 10.3. The van der Waals surface area contributed by atoms with E-state index in [9.17, 15) is 4.79 Å². The van der Waals surface area contributed by atoms with Crippen molar-refractivity contribution >= 4 is 6.16 Å². The molecule has 3 heteroatoms. The maximum Gasteiger partial charge on any atom is 0.508 e. The van der Waals surface area contributed by atoms with Crippen molar-refractivity contribution in [2.45, 2.75) is 45.4 Å². The van der Waals surface area contributed by atoms with Crippen LogP contribution in [0.3, 0.4) is 0 Å². The Morgan fingerprint density at radius 2 is 1.64 bits per heavy atom. The van der Waals surface area contributed by atoms with Gasteiger partial charge in [-0.1, -0.05) is 39.5 Å². The van der Waals surface area contributed by atoms with Crippen molar-refractivity contribution in [3.8, 4) is 0 Å². The van der Waals surface area contributed by atoms with Gasteiger partial charge in [-0.05, 0) is 12.8 Å². The summed E-state index contributed by atoms with van der Waals surface area (Å²) >= 11 is 0. The summed E-state index contributed by atoms with van der Waals surface area (Å²) in [4.78, 5) is 10.9. The maximum atomic E-state index is 10.9. The Kier molecular flexibility index (Phi) is 9.81. The Morgan fingerprint density at radius 3 is 2.14 bits per heavy atom. The van der Waals surface area contributed by atoms with Gasteiger partial charge in [0.15, 0.2) is 0 Å². The van der Waals surface area contributed by atoms with E-state index >= 15 is 0 Å². The Bertz CT molecular complexity index is 120. The van der Waals surface area contributed by atoms with E-state index < -0.39 is 6.16 Å². The van der Waals surface area contributed by atoms with Crippen LogP contribution in [-0.2, 0) is 9.47 Å². The second kappa shape index (κ2) is 10.4. The van der Waals surface area contributed by atoms with E-state index in [0.717, 1.165) is 38.5 Å². The molecule has 0 aliphatic heterocycles. The summed E-state index contributed by atoms with van der Waals surface area (Å²) in [5, 5.41) is 0. The molecule has 0 spiro atoms. The van der Waals surface area contributed by atoms with E-state index in [1.165, 1.54) is 0 Å². The highest BCUT2D eigenvalue weighted by Gasteiger charge is 2.01. The predicted octanol–water partition coefficient (Wildman–Crippen LogP) is 3.33. The molecule has 0 heterocycles. The lowest BCUT2D eigenvalue weighted by Gasteiger charge is -2.05. The highest BCUT2D eigenvalue weighted by atomic mass is 16.7. The molecule has 0 fully saturated rings. The summed E-state index contributed by atoms with van der Waals surface area (Å²) in [5.74, 6) is 0. The second-order valence-electron chi connectivity index (χ2n) is 3.21. The minimum Gasteiger partial charge on any atom is -0.434 e. The van der Waals surface area contributed by atoms with Crippen LogP contribution in [-0.4, -0.2) is 19.4 Å². The third-order valence-electron chi connectivity index (χ3n) is 1.83. The Labute approximate surface area is 86.8 Å². The topological polar surface area (TPSA) is 35.5 Å². The third kappa shape index (κ3) is 9.36. The zero-order chi connectivity index (χ0) is 10.6. The molecule has 0 aromatic carbocycles. The van der Waals surface area contributed by atoms with Crippen molar-refractivity contribution < 1.29 is 14.3 Å². The van der Waals surface area contributed by atoms with E-state index in [2.05, 4.69) is 13.8 Å². The molecule has 0 amide bonds. The van der Waals surface area contributed by atoms with Crippen LogP contribution in [0.25, 0.3) is 0 Å². The van der Waals surface area contributed by atoms with Gasteiger partial charge in [0.1, 0.15) is 0 Å². The number of carbonyl (C=O) groups is 1. The van der Waals surface area contributed by atoms with E-state index in [0.29, 0.717) is 13.2 Å². The SMILES string of the molecule is [CH2]CCCCOC(=O)OCCCCC. The highest BCUT2D eigenvalue weighted by Crippen LogP contribution is 1.98. The number of hydrogen-bond donors (Lipinski definition) is 0. The monoisotopic (exact) mass is 201 g/mol. The summed E-state index contributed by atoms with van der Waals surface area (Å²) in [6, 6.07) is 0. The van der Waals surface area contributed by atoms with Crippen molar-refractivity contribution in [1.29, 1.82) is 0 Å². The van der Waals surface area contributed by atoms with Crippen molar-refractivity contribution in [1.82, 2.24) is 0 Å². The minimum atomic E-state index is -0.537. The average molecular weight is 201 g/mol. The average Bonchev–Trinajstić information content (AvgIpc) is 2.19. The summed E-state index contributed by atoms with van der Waals surface area (Å²) in [6.07, 6.45) is 5.34. The van der Waals surface area contributed by atoms with Crippen LogP contribution >= 0.6 is 0 Å². The van der Waals surface area contributed by atoms with Gasteiger partial charge in [-0.15, -0.1) is 0 Å². The molecule has 1 radical (unpaired) electrons. The first-order chi connectivity index (χ1) is 6.81. The molecule has 0 bridgehead atoms. The number of hydrogen-bond acceptors (Lipinski definition) is 3. The summed E-state index contributed by atoms with van der Waals surface area (Å²) < 4.78 is 9.68. The van der Waals surface area contributed by atoms with Crippen LogP contribution in [0.15, 0.2) is 0 Å². The quantitative estimate of drug-likeness (QED) is 0.446. The van der Waals surface area contributed by atoms with Crippen LogP contribution in [0.2, 0.25) is 0 Å². The number of ether oxygens (including phenoxy) is 2. The molecule has 0 saturated carbocycles. The molecule has 0 saturated heterocycles. The van der Waals surface area contributed by atoms with E-state index in [4.69, 9.17) is 9.47 Å². The molecule has 0 rings (SSSR count). The molecular weight excluding hydrogens is 180 g/mol. The number of unbranched alkanes of at least 4 members (excludes halogenated alkanes) is 4. The van der Waals surface area contributed by atoms with Gasteiger partial charge in [-0.2, -0.15) is 0 Å². The fraction of sp³-hybridized carbons (Fsp3) is 0.818. The first kappa shape index (κ1) is 13.3. The lowest BCUT2D eigenvalue weighted by molar-refractivity contribution is 0.0531. The predicted molar refractivity (Wildman–Crippen MR) is 56.0 cm³/mol. The zero-order valence-corrected chi connectivity index (χ0v) is 9.09. The van der Waals surface area contributed by atoms with Crippen LogP contribution in [0.4, 0.5) is 4.79 Å². The Morgan fingerprint density at radius 1 is 1.07 bits per heavy atom. The molecule has 3 nitrogen and oxygen atoms in total. The molecule has 0 N–H and O–H groups in total. The smallest absolute Gasteiger partial charge is 0.434 e. The fourth-order valence-corrected chi connectivity index (χ4v) is 0.984. The van der Waals surface area contributed by atoms with E-state index in [1.807, 2.05) is 0 Å². The summed E-state index contributed by atoms with van der Waals surface area (Å²) in [7, 11) is 0. The molecule has 0 aromatic heterocycles. The largest absolute Gasteiger partial charge is 0.508 e. The maximum absolute atomic E-state index is 10.9. The van der Waals surface area contributed by atoms with Crippen LogP contribution < -0.4 is 0 Å². The molecule has 0 aliphatic carbocycles. The molecule has 0 aliphatic rings.